The summed E-state index contributed by atoms with van der Waals surface area (Å²) < 4.78 is 46.7. The Balaban J connectivity index is 1.47. The van der Waals surface area contributed by atoms with E-state index in [0.717, 1.165) is 0 Å². The molecule has 1 saturated heterocycles. The lowest BCUT2D eigenvalue weighted by atomic mass is 9.97. The van der Waals surface area contributed by atoms with E-state index in [1.165, 1.54) is 18.2 Å². The Labute approximate surface area is 187 Å². The molecule has 3 atom stereocenters. The van der Waals surface area contributed by atoms with E-state index < -0.39 is 34.0 Å². The first-order valence-electron chi connectivity index (χ1n) is 10.4. The van der Waals surface area contributed by atoms with Gasteiger partial charge in [0.15, 0.2) is 0 Å². The number of hydrogen-bond acceptors (Lipinski definition) is 5. The van der Waals surface area contributed by atoms with Crippen molar-refractivity contribution in [2.24, 2.45) is 0 Å². The fourth-order valence-corrected chi connectivity index (χ4v) is 4.99. The number of urea groups is 1. The molecule has 1 aliphatic rings. The van der Waals surface area contributed by atoms with Crippen molar-refractivity contribution in [2.75, 3.05) is 18.5 Å². The van der Waals surface area contributed by atoms with Gasteiger partial charge < -0.3 is 20.5 Å². The number of anilines is 1. The molecule has 0 aromatic heterocycles. The fraction of sp³-hybridized carbons (Fsp3) is 0.409. The van der Waals surface area contributed by atoms with Crippen LogP contribution in [0.3, 0.4) is 0 Å². The van der Waals surface area contributed by atoms with E-state index in [1.807, 2.05) is 0 Å². The minimum Gasteiger partial charge on any atom is -0.394 e. The molecule has 10 heteroatoms. The third-order valence-corrected chi connectivity index (χ3v) is 6.96. The van der Waals surface area contributed by atoms with Gasteiger partial charge in [-0.3, -0.25) is 0 Å². The van der Waals surface area contributed by atoms with Gasteiger partial charge in [0.1, 0.15) is 11.9 Å². The summed E-state index contributed by atoms with van der Waals surface area (Å²) in [6, 6.07) is 11.3. The van der Waals surface area contributed by atoms with E-state index in [0.29, 0.717) is 30.5 Å². The number of nitrogens with one attached hydrogen (secondary N) is 3. The molecule has 0 aliphatic carbocycles. The molecule has 2 aromatic rings. The SMILES string of the molecule is Cc1ccccc1S(=O)(=O)NCC[C@H]1CC[C@@H](NC(=O)Nc2cccc(F)c2)[C@H](CO)O1. The summed E-state index contributed by atoms with van der Waals surface area (Å²) in [5.41, 5.74) is 0.985. The van der Waals surface area contributed by atoms with Gasteiger partial charge in [0, 0.05) is 12.2 Å². The van der Waals surface area contributed by atoms with Crippen molar-refractivity contribution in [3.8, 4) is 0 Å². The molecule has 1 fully saturated rings. The van der Waals surface area contributed by atoms with E-state index in [1.54, 1.807) is 37.3 Å². The molecule has 0 radical (unpaired) electrons. The highest BCUT2D eigenvalue weighted by molar-refractivity contribution is 7.89. The van der Waals surface area contributed by atoms with Gasteiger partial charge in [-0.05, 0) is 56.0 Å². The van der Waals surface area contributed by atoms with Gasteiger partial charge in [0.2, 0.25) is 10.0 Å². The van der Waals surface area contributed by atoms with Crippen molar-refractivity contribution >= 4 is 21.7 Å². The van der Waals surface area contributed by atoms with Crippen LogP contribution in [0, 0.1) is 12.7 Å². The summed E-state index contributed by atoms with van der Waals surface area (Å²) in [5, 5.41) is 15.0. The zero-order chi connectivity index (χ0) is 23.1. The average molecular weight is 466 g/mol. The van der Waals surface area contributed by atoms with E-state index in [2.05, 4.69) is 15.4 Å². The molecule has 1 aliphatic heterocycles. The first-order valence-corrected chi connectivity index (χ1v) is 11.9. The summed E-state index contributed by atoms with van der Waals surface area (Å²) in [7, 11) is -3.62. The van der Waals surface area contributed by atoms with Gasteiger partial charge in [-0.15, -0.1) is 0 Å². The normalized spacial score (nSPS) is 21.2. The minimum absolute atomic E-state index is 0.192. The number of amides is 2. The summed E-state index contributed by atoms with van der Waals surface area (Å²) in [5.74, 6) is -0.460. The second-order valence-corrected chi connectivity index (χ2v) is 9.46. The largest absolute Gasteiger partial charge is 0.394 e. The monoisotopic (exact) mass is 465 g/mol. The molecular weight excluding hydrogens is 437 g/mol. The minimum atomic E-state index is -3.62. The van der Waals surface area contributed by atoms with Crippen LogP contribution < -0.4 is 15.4 Å². The zero-order valence-electron chi connectivity index (χ0n) is 17.8. The van der Waals surface area contributed by atoms with Gasteiger partial charge in [0.25, 0.3) is 0 Å². The maximum absolute atomic E-state index is 13.3. The Kier molecular flexibility index (Phi) is 8.19. The molecule has 3 rings (SSSR count). The lowest BCUT2D eigenvalue weighted by Crippen LogP contribution is -2.52. The number of aliphatic hydroxyl groups excluding tert-OH is 1. The van der Waals surface area contributed by atoms with E-state index in [9.17, 15) is 22.7 Å². The molecule has 0 saturated carbocycles. The molecule has 2 aromatic carbocycles. The Morgan fingerprint density at radius 1 is 1.19 bits per heavy atom. The van der Waals surface area contributed by atoms with Crippen molar-refractivity contribution in [3.63, 3.8) is 0 Å². The number of sulfonamides is 1. The number of benzene rings is 2. The van der Waals surface area contributed by atoms with Crippen LogP contribution in [0.4, 0.5) is 14.9 Å². The van der Waals surface area contributed by atoms with Gasteiger partial charge in [0.05, 0.1) is 23.6 Å². The van der Waals surface area contributed by atoms with Crippen LogP contribution in [-0.4, -0.2) is 51.0 Å². The first-order chi connectivity index (χ1) is 15.3. The second kappa shape index (κ2) is 10.9. The molecular formula is C22H28FN3O5S. The number of ether oxygens (including phenoxy) is 1. The molecule has 2 amide bonds. The number of aliphatic hydroxyl groups is 1. The quantitative estimate of drug-likeness (QED) is 0.478. The standard InChI is InChI=1S/C22H28FN3O5S/c1-15-5-2-3-8-21(15)32(29,30)24-12-11-18-9-10-19(20(14-27)31-18)26-22(28)25-17-7-4-6-16(23)13-17/h2-8,13,18-20,24,27H,9-12,14H2,1H3,(H2,25,26,28)/t18-,19-,20+/m1/s1. The van der Waals surface area contributed by atoms with Crippen molar-refractivity contribution in [1.29, 1.82) is 0 Å². The van der Waals surface area contributed by atoms with Crippen molar-refractivity contribution in [2.45, 2.75) is 49.3 Å². The molecule has 4 N–H and O–H groups in total. The Morgan fingerprint density at radius 3 is 2.69 bits per heavy atom. The van der Waals surface area contributed by atoms with E-state index in [4.69, 9.17) is 4.74 Å². The van der Waals surface area contributed by atoms with Crippen LogP contribution in [0.25, 0.3) is 0 Å². The molecule has 1 heterocycles. The summed E-state index contributed by atoms with van der Waals surface area (Å²) >= 11 is 0. The summed E-state index contributed by atoms with van der Waals surface area (Å²) in [4.78, 5) is 12.5. The Hall–Kier alpha value is -2.53. The highest BCUT2D eigenvalue weighted by atomic mass is 32.2. The molecule has 0 bridgehead atoms. The maximum Gasteiger partial charge on any atom is 0.319 e. The lowest BCUT2D eigenvalue weighted by Gasteiger charge is -2.36. The van der Waals surface area contributed by atoms with Crippen LogP contribution in [0.2, 0.25) is 0 Å². The molecule has 0 unspecified atom stereocenters. The van der Waals surface area contributed by atoms with Gasteiger partial charge in [-0.2, -0.15) is 0 Å². The highest BCUT2D eigenvalue weighted by Gasteiger charge is 2.32. The summed E-state index contributed by atoms with van der Waals surface area (Å²) in [6.45, 7) is 1.64. The number of carbonyl (C=O) groups is 1. The zero-order valence-corrected chi connectivity index (χ0v) is 18.6. The van der Waals surface area contributed by atoms with E-state index in [-0.39, 0.29) is 24.2 Å². The first kappa shape index (κ1) is 24.1. The van der Waals surface area contributed by atoms with Gasteiger partial charge in [-0.25, -0.2) is 22.3 Å². The number of rotatable bonds is 8. The van der Waals surface area contributed by atoms with Crippen molar-refractivity contribution in [1.82, 2.24) is 10.0 Å². The topological polar surface area (TPSA) is 117 Å². The number of aryl methyl sites for hydroxylation is 1. The molecule has 32 heavy (non-hydrogen) atoms. The van der Waals surface area contributed by atoms with Crippen molar-refractivity contribution in [3.05, 3.63) is 59.9 Å². The molecule has 8 nitrogen and oxygen atoms in total. The van der Waals surface area contributed by atoms with Crippen LogP contribution >= 0.6 is 0 Å². The Bertz CT molecular complexity index is 1030. The maximum atomic E-state index is 13.3. The fourth-order valence-electron chi connectivity index (χ4n) is 3.70. The third kappa shape index (κ3) is 6.49. The smallest absolute Gasteiger partial charge is 0.319 e. The van der Waals surface area contributed by atoms with Gasteiger partial charge >= 0.3 is 6.03 Å². The lowest BCUT2D eigenvalue weighted by molar-refractivity contribution is -0.0884. The number of carbonyl (C=O) groups excluding carboxylic acids is 1. The third-order valence-electron chi connectivity index (χ3n) is 5.34. The van der Waals surface area contributed by atoms with Gasteiger partial charge in [-0.1, -0.05) is 24.3 Å². The number of halogens is 1. The van der Waals surface area contributed by atoms with Crippen LogP contribution in [-0.2, 0) is 14.8 Å². The Morgan fingerprint density at radius 2 is 1.97 bits per heavy atom. The highest BCUT2D eigenvalue weighted by Crippen LogP contribution is 2.22. The average Bonchev–Trinajstić information content (AvgIpc) is 2.74. The predicted molar refractivity (Wildman–Crippen MR) is 118 cm³/mol. The van der Waals surface area contributed by atoms with Crippen LogP contribution in [0.1, 0.15) is 24.8 Å². The van der Waals surface area contributed by atoms with Crippen LogP contribution in [0.15, 0.2) is 53.4 Å². The van der Waals surface area contributed by atoms with E-state index >= 15 is 0 Å². The molecule has 174 valence electrons. The predicted octanol–water partition coefficient (Wildman–Crippen LogP) is 2.53. The van der Waals surface area contributed by atoms with Crippen molar-refractivity contribution < 1.29 is 27.4 Å². The molecule has 0 spiro atoms. The van der Waals surface area contributed by atoms with Crippen LogP contribution in [0.5, 0.6) is 0 Å². The second-order valence-electron chi connectivity index (χ2n) is 7.72. The summed E-state index contributed by atoms with van der Waals surface area (Å²) in [6.07, 6.45) is 0.699. The number of hydrogen-bond donors (Lipinski definition) is 4.